The Bertz CT molecular complexity index is 964. The van der Waals surface area contributed by atoms with Crippen LogP contribution in [0.15, 0.2) is 23.1 Å². The molecule has 3 heterocycles. The van der Waals surface area contributed by atoms with Gasteiger partial charge in [0.25, 0.3) is 0 Å². The third-order valence-electron chi connectivity index (χ3n) is 6.10. The number of piperidine rings is 1. The molecule has 170 valence electrons. The fraction of sp³-hybridized carbons (Fsp3) is 0.600. The predicted octanol–water partition coefficient (Wildman–Crippen LogP) is 0.308. The van der Waals surface area contributed by atoms with E-state index in [1.807, 2.05) is 0 Å². The van der Waals surface area contributed by atoms with Crippen molar-refractivity contribution in [1.82, 2.24) is 20.4 Å². The number of ether oxygens (including phenoxy) is 1. The summed E-state index contributed by atoms with van der Waals surface area (Å²) in [7, 11) is -3.52. The smallest absolute Gasteiger partial charge is 0.321 e. The van der Waals surface area contributed by atoms with Crippen LogP contribution in [0.25, 0.3) is 0 Å². The molecule has 0 bridgehead atoms. The molecule has 4 rings (SSSR count). The molecule has 3 aliphatic heterocycles. The van der Waals surface area contributed by atoms with Crippen LogP contribution in [0.3, 0.4) is 0 Å². The number of carbonyl (C=O) groups excluding carboxylic acids is 2. The first kappa shape index (κ1) is 22.0. The maximum Gasteiger partial charge on any atom is 0.321 e. The summed E-state index contributed by atoms with van der Waals surface area (Å²) < 4.78 is 43.0. The standard InChI is InChI=1S/C20H27FN4O5S/c1-31(28,29)17-9-15(21)3-2-14(17)8-13-4-6-24(7-5-13)20(27)25-10-16-19(22-12-25)30-11-18(26)23-16/h2-3,9,13,16,19,22H,4-8,10-12H2,1H3,(H,23,26)/t16-,19?/m1/s1. The number of nitrogens with one attached hydrogen (secondary N) is 2. The van der Waals surface area contributed by atoms with Crippen molar-refractivity contribution in [3.05, 3.63) is 29.6 Å². The van der Waals surface area contributed by atoms with Crippen LogP contribution in [-0.2, 0) is 25.8 Å². The normalized spacial score (nSPS) is 25.2. The number of hydrogen-bond donors (Lipinski definition) is 2. The molecule has 0 aliphatic carbocycles. The van der Waals surface area contributed by atoms with E-state index in [9.17, 15) is 22.4 Å². The molecule has 9 nitrogen and oxygen atoms in total. The van der Waals surface area contributed by atoms with Gasteiger partial charge in [0.05, 0.1) is 17.6 Å². The number of hydrogen-bond acceptors (Lipinski definition) is 6. The van der Waals surface area contributed by atoms with E-state index in [1.165, 1.54) is 6.07 Å². The highest BCUT2D eigenvalue weighted by atomic mass is 32.2. The molecule has 31 heavy (non-hydrogen) atoms. The second kappa shape index (κ2) is 8.71. The van der Waals surface area contributed by atoms with E-state index in [-0.39, 0.29) is 41.6 Å². The number of likely N-dealkylation sites (tertiary alicyclic amines) is 1. The molecule has 3 fully saturated rings. The summed E-state index contributed by atoms with van der Waals surface area (Å²) in [6.45, 7) is 1.88. The van der Waals surface area contributed by atoms with E-state index in [0.717, 1.165) is 25.2 Å². The molecular formula is C20H27FN4O5S. The Kier molecular flexibility index (Phi) is 6.18. The van der Waals surface area contributed by atoms with Crippen molar-refractivity contribution in [3.63, 3.8) is 0 Å². The van der Waals surface area contributed by atoms with Gasteiger partial charge in [-0.05, 0) is 42.9 Å². The van der Waals surface area contributed by atoms with Gasteiger partial charge in [0.1, 0.15) is 18.7 Å². The van der Waals surface area contributed by atoms with Crippen LogP contribution in [0.5, 0.6) is 0 Å². The first-order valence-corrected chi connectivity index (χ1v) is 12.3. The van der Waals surface area contributed by atoms with Crippen LogP contribution in [0, 0.1) is 11.7 Å². The van der Waals surface area contributed by atoms with Gasteiger partial charge in [-0.2, -0.15) is 0 Å². The summed E-state index contributed by atoms with van der Waals surface area (Å²) in [5.74, 6) is -0.543. The van der Waals surface area contributed by atoms with Crippen LogP contribution >= 0.6 is 0 Å². The SMILES string of the molecule is CS(=O)(=O)c1cc(F)ccc1CC1CCN(C(=O)N2CNC3OCC(=O)N[C@@H]3C2)CC1. The molecular weight excluding hydrogens is 427 g/mol. The van der Waals surface area contributed by atoms with Gasteiger partial charge in [-0.25, -0.2) is 17.6 Å². The van der Waals surface area contributed by atoms with E-state index >= 15 is 0 Å². The van der Waals surface area contributed by atoms with E-state index in [1.54, 1.807) is 15.9 Å². The Morgan fingerprint density at radius 3 is 2.71 bits per heavy atom. The van der Waals surface area contributed by atoms with E-state index in [4.69, 9.17) is 4.74 Å². The van der Waals surface area contributed by atoms with Crippen molar-refractivity contribution >= 4 is 21.8 Å². The molecule has 11 heteroatoms. The van der Waals surface area contributed by atoms with E-state index in [0.29, 0.717) is 38.3 Å². The lowest BCUT2D eigenvalue weighted by atomic mass is 9.90. The molecule has 0 spiro atoms. The Morgan fingerprint density at radius 2 is 2.00 bits per heavy atom. The van der Waals surface area contributed by atoms with Crippen LogP contribution in [0.2, 0.25) is 0 Å². The van der Waals surface area contributed by atoms with E-state index < -0.39 is 15.7 Å². The van der Waals surface area contributed by atoms with Gasteiger partial charge in [-0.15, -0.1) is 0 Å². The average Bonchev–Trinajstić information content (AvgIpc) is 2.74. The topological polar surface area (TPSA) is 108 Å². The summed E-state index contributed by atoms with van der Waals surface area (Å²) in [5.41, 5.74) is 0.619. The monoisotopic (exact) mass is 454 g/mol. The molecule has 3 amide bonds. The van der Waals surface area contributed by atoms with Gasteiger partial charge in [-0.1, -0.05) is 6.07 Å². The minimum absolute atomic E-state index is 0.0186. The minimum Gasteiger partial charge on any atom is -0.351 e. The zero-order chi connectivity index (χ0) is 22.2. The fourth-order valence-corrected chi connectivity index (χ4v) is 5.43. The van der Waals surface area contributed by atoms with Crippen molar-refractivity contribution in [1.29, 1.82) is 0 Å². The highest BCUT2D eigenvalue weighted by molar-refractivity contribution is 7.90. The van der Waals surface area contributed by atoms with Crippen molar-refractivity contribution in [2.75, 3.05) is 39.2 Å². The molecule has 1 unspecified atom stereocenters. The lowest BCUT2D eigenvalue weighted by Gasteiger charge is -2.43. The number of sulfone groups is 1. The Labute approximate surface area is 180 Å². The number of benzene rings is 1. The van der Waals surface area contributed by atoms with Gasteiger partial charge in [0.15, 0.2) is 9.84 Å². The third-order valence-corrected chi connectivity index (χ3v) is 7.28. The summed E-state index contributed by atoms with van der Waals surface area (Å²) >= 11 is 0. The Hall–Kier alpha value is -2.24. The average molecular weight is 455 g/mol. The highest BCUT2D eigenvalue weighted by Crippen LogP contribution is 2.27. The zero-order valence-corrected chi connectivity index (χ0v) is 18.2. The predicted molar refractivity (Wildman–Crippen MR) is 109 cm³/mol. The lowest BCUT2D eigenvalue weighted by molar-refractivity contribution is -0.142. The van der Waals surface area contributed by atoms with E-state index in [2.05, 4.69) is 10.6 Å². The number of rotatable bonds is 3. The second-order valence-electron chi connectivity index (χ2n) is 8.43. The number of nitrogens with zero attached hydrogens (tertiary/aromatic N) is 2. The number of morpholine rings is 1. The maximum atomic E-state index is 13.5. The summed E-state index contributed by atoms with van der Waals surface area (Å²) in [6, 6.07) is 3.53. The molecule has 3 aliphatic rings. The first-order chi connectivity index (χ1) is 14.7. The molecule has 0 aromatic heterocycles. The maximum absolute atomic E-state index is 13.5. The molecule has 0 saturated carbocycles. The first-order valence-electron chi connectivity index (χ1n) is 10.4. The molecule has 0 radical (unpaired) electrons. The second-order valence-corrected chi connectivity index (χ2v) is 10.4. The molecule has 2 atom stereocenters. The van der Waals surface area contributed by atoms with Crippen molar-refractivity contribution < 1.29 is 27.1 Å². The highest BCUT2D eigenvalue weighted by Gasteiger charge is 2.37. The Morgan fingerprint density at radius 1 is 1.26 bits per heavy atom. The van der Waals surface area contributed by atoms with Gasteiger partial charge in [-0.3, -0.25) is 10.1 Å². The summed E-state index contributed by atoms with van der Waals surface area (Å²) in [4.78, 5) is 28.0. The van der Waals surface area contributed by atoms with Crippen LogP contribution in [0.1, 0.15) is 18.4 Å². The van der Waals surface area contributed by atoms with Crippen molar-refractivity contribution in [2.24, 2.45) is 5.92 Å². The molecule has 2 N–H and O–H groups in total. The molecule has 1 aromatic carbocycles. The van der Waals surface area contributed by atoms with Crippen LogP contribution < -0.4 is 10.6 Å². The quantitative estimate of drug-likeness (QED) is 0.681. The van der Waals surface area contributed by atoms with Gasteiger partial charge in [0.2, 0.25) is 5.91 Å². The lowest BCUT2D eigenvalue weighted by Crippen LogP contribution is -2.68. The number of amides is 3. The van der Waals surface area contributed by atoms with Crippen molar-refractivity contribution in [3.8, 4) is 0 Å². The molecule has 1 aromatic rings. The largest absolute Gasteiger partial charge is 0.351 e. The van der Waals surface area contributed by atoms with Crippen LogP contribution in [-0.4, -0.2) is 81.6 Å². The third kappa shape index (κ3) is 4.99. The summed E-state index contributed by atoms with van der Waals surface area (Å²) in [6.07, 6.45) is 2.80. The number of urea groups is 1. The van der Waals surface area contributed by atoms with Gasteiger partial charge >= 0.3 is 6.03 Å². The fourth-order valence-electron chi connectivity index (χ4n) is 4.48. The number of fused-ring (bicyclic) bond motifs is 1. The number of carbonyl (C=O) groups is 2. The molecule has 3 saturated heterocycles. The summed E-state index contributed by atoms with van der Waals surface area (Å²) in [5, 5.41) is 5.98. The zero-order valence-electron chi connectivity index (χ0n) is 17.3. The number of halogens is 1. The van der Waals surface area contributed by atoms with Gasteiger partial charge in [0, 0.05) is 25.9 Å². The van der Waals surface area contributed by atoms with Crippen LogP contribution in [0.4, 0.5) is 9.18 Å². The minimum atomic E-state index is -3.52. The van der Waals surface area contributed by atoms with Gasteiger partial charge < -0.3 is 19.9 Å². The van der Waals surface area contributed by atoms with Crippen molar-refractivity contribution in [2.45, 2.75) is 36.4 Å². The Balaban J connectivity index is 1.33.